The fourth-order valence-electron chi connectivity index (χ4n) is 4.36. The lowest BCUT2D eigenvalue weighted by atomic mass is 10.0. The average Bonchev–Trinajstić information content (AvgIpc) is 3.21. The van der Waals surface area contributed by atoms with Gasteiger partial charge in [-0.2, -0.15) is 0 Å². The lowest BCUT2D eigenvalue weighted by Gasteiger charge is -2.06. The Morgan fingerprint density at radius 1 is 0.576 bits per heavy atom. The second-order valence-electron chi connectivity index (χ2n) is 8.05. The van der Waals surface area contributed by atoms with Crippen LogP contribution < -0.4 is 10.7 Å². The molecule has 0 spiro atoms. The van der Waals surface area contributed by atoms with Gasteiger partial charge in [0.25, 0.3) is 0 Å². The smallest absolute Gasteiger partial charge is 0.0780 e. The van der Waals surface area contributed by atoms with Gasteiger partial charge in [-0.15, -0.1) is 0 Å². The molecule has 0 fully saturated rings. The second kappa shape index (κ2) is 8.21. The number of pyridine rings is 2. The molecule has 0 unspecified atom stereocenters. The number of nitrogens with one attached hydrogen (secondary N) is 1. The number of H-pyrrole nitrogens is 1. The summed E-state index contributed by atoms with van der Waals surface area (Å²) in [4.78, 5) is 12.8. The van der Waals surface area contributed by atoms with E-state index in [0.29, 0.717) is 0 Å². The maximum absolute atomic E-state index is 4.69. The van der Waals surface area contributed by atoms with Crippen molar-refractivity contribution in [2.45, 2.75) is 0 Å². The van der Waals surface area contributed by atoms with E-state index in [4.69, 9.17) is 4.98 Å². The number of fused-ring (bicyclic) bond motifs is 2. The molecule has 6 aromatic rings. The number of hydrogen-bond donors (Lipinski definition) is 1. The van der Waals surface area contributed by atoms with Crippen LogP contribution in [0.5, 0.6) is 0 Å². The highest BCUT2D eigenvalue weighted by atomic mass is 14.7. The van der Waals surface area contributed by atoms with Crippen molar-refractivity contribution >= 4 is 33.7 Å². The molecule has 0 saturated carbocycles. The summed E-state index contributed by atoms with van der Waals surface area (Å²) >= 11 is 0. The van der Waals surface area contributed by atoms with E-state index in [9.17, 15) is 0 Å². The Hall–Kier alpha value is -4.50. The maximum Gasteiger partial charge on any atom is 0.0780 e. The maximum atomic E-state index is 4.69. The molecule has 3 heterocycles. The van der Waals surface area contributed by atoms with Gasteiger partial charge in [0.05, 0.1) is 11.4 Å². The van der Waals surface area contributed by atoms with Crippen molar-refractivity contribution in [2.24, 2.45) is 0 Å². The molecule has 6 rings (SSSR count). The Kier molecular flexibility index (Phi) is 4.78. The van der Waals surface area contributed by atoms with Crippen molar-refractivity contribution in [3.63, 3.8) is 0 Å². The van der Waals surface area contributed by atoms with Crippen molar-refractivity contribution in [1.82, 2.24) is 15.0 Å². The van der Waals surface area contributed by atoms with E-state index in [1.54, 1.807) is 0 Å². The van der Waals surface area contributed by atoms with Crippen LogP contribution in [-0.2, 0) is 0 Å². The fraction of sp³-hybridized carbons (Fsp3) is 0. The molecule has 3 aromatic carbocycles. The van der Waals surface area contributed by atoms with E-state index in [1.165, 1.54) is 16.2 Å². The third kappa shape index (κ3) is 3.70. The van der Waals surface area contributed by atoms with Crippen LogP contribution in [0.4, 0.5) is 0 Å². The summed E-state index contributed by atoms with van der Waals surface area (Å²) < 4.78 is 0. The summed E-state index contributed by atoms with van der Waals surface area (Å²) in [6.07, 6.45) is 7.99. The second-order valence-corrected chi connectivity index (χ2v) is 8.05. The first-order chi connectivity index (χ1) is 16.3. The lowest BCUT2D eigenvalue weighted by Crippen LogP contribution is -2.10. The number of aromatic nitrogens is 3. The minimum absolute atomic E-state index is 0.931. The first kappa shape index (κ1) is 19.2. The molecule has 0 saturated heterocycles. The van der Waals surface area contributed by atoms with Gasteiger partial charge < -0.3 is 4.98 Å². The summed E-state index contributed by atoms with van der Waals surface area (Å²) in [5, 5.41) is 6.87. The Labute approximate surface area is 191 Å². The average molecular weight is 424 g/mol. The molecule has 0 atom stereocenters. The van der Waals surface area contributed by atoms with Crippen molar-refractivity contribution in [1.29, 1.82) is 0 Å². The van der Waals surface area contributed by atoms with Gasteiger partial charge in [0.2, 0.25) is 0 Å². The lowest BCUT2D eigenvalue weighted by molar-refractivity contribution is 1.25. The molecule has 0 aliphatic rings. The van der Waals surface area contributed by atoms with Crippen molar-refractivity contribution in [2.75, 3.05) is 0 Å². The van der Waals surface area contributed by atoms with Crippen LogP contribution in [0.15, 0.2) is 109 Å². The SMILES string of the molecule is C(c1cccc(-c2nccc3ccccc23)c1)=c1[nH]c(=Cc2ccccn2)c2ccccc12. The van der Waals surface area contributed by atoms with Gasteiger partial charge in [-0.1, -0.05) is 72.8 Å². The number of hydrogen-bond acceptors (Lipinski definition) is 2. The Morgan fingerprint density at radius 3 is 2.15 bits per heavy atom. The van der Waals surface area contributed by atoms with Gasteiger partial charge in [0.1, 0.15) is 0 Å². The predicted octanol–water partition coefficient (Wildman–Crippen LogP) is 5.44. The minimum Gasteiger partial charge on any atom is -0.354 e. The molecular formula is C30H21N3. The van der Waals surface area contributed by atoms with Crippen LogP contribution in [-0.4, -0.2) is 15.0 Å². The van der Waals surface area contributed by atoms with E-state index in [1.807, 2.05) is 30.6 Å². The number of nitrogens with zero attached hydrogens (tertiary/aromatic N) is 2. The summed E-state index contributed by atoms with van der Waals surface area (Å²) in [5.74, 6) is 0. The van der Waals surface area contributed by atoms with Gasteiger partial charge in [-0.05, 0) is 47.4 Å². The number of rotatable bonds is 3. The van der Waals surface area contributed by atoms with Crippen LogP contribution >= 0.6 is 0 Å². The molecule has 0 amide bonds. The molecule has 156 valence electrons. The molecule has 1 N–H and O–H groups in total. The van der Waals surface area contributed by atoms with E-state index >= 15 is 0 Å². The number of aromatic amines is 1. The van der Waals surface area contributed by atoms with Gasteiger partial charge in [-0.3, -0.25) is 9.97 Å². The normalized spacial score (nSPS) is 12.6. The van der Waals surface area contributed by atoms with Crippen LogP contribution in [0.3, 0.4) is 0 Å². The van der Waals surface area contributed by atoms with Crippen LogP contribution in [0.1, 0.15) is 11.3 Å². The molecule has 3 heteroatoms. The van der Waals surface area contributed by atoms with E-state index < -0.39 is 0 Å². The van der Waals surface area contributed by atoms with Gasteiger partial charge in [0, 0.05) is 44.8 Å². The van der Waals surface area contributed by atoms with Crippen LogP contribution in [0, 0.1) is 0 Å². The first-order valence-electron chi connectivity index (χ1n) is 11.0. The third-order valence-corrected chi connectivity index (χ3v) is 5.90. The van der Waals surface area contributed by atoms with Crippen molar-refractivity contribution in [3.8, 4) is 11.3 Å². The standard InChI is InChI=1S/C30H21N3/c1-2-12-25-22(9-1)15-17-32-30(25)23-10-7-8-21(18-23)19-28-26-13-3-4-14-27(26)29(33-28)20-24-11-5-6-16-31-24/h1-20,33H. The van der Waals surface area contributed by atoms with Crippen LogP contribution in [0.25, 0.3) is 45.0 Å². The Bertz CT molecular complexity index is 1710. The molecule has 3 aromatic heterocycles. The highest BCUT2D eigenvalue weighted by Gasteiger charge is 2.06. The fourth-order valence-corrected chi connectivity index (χ4v) is 4.36. The molecule has 33 heavy (non-hydrogen) atoms. The number of benzene rings is 3. The Morgan fingerprint density at radius 2 is 1.33 bits per heavy atom. The zero-order valence-electron chi connectivity index (χ0n) is 17.9. The third-order valence-electron chi connectivity index (χ3n) is 5.90. The molecule has 3 nitrogen and oxygen atoms in total. The summed E-state index contributed by atoms with van der Waals surface area (Å²) in [7, 11) is 0. The van der Waals surface area contributed by atoms with E-state index in [2.05, 4.69) is 101 Å². The highest BCUT2D eigenvalue weighted by Crippen LogP contribution is 2.27. The van der Waals surface area contributed by atoms with E-state index in [-0.39, 0.29) is 0 Å². The summed E-state index contributed by atoms with van der Waals surface area (Å²) in [6, 6.07) is 33.4. The van der Waals surface area contributed by atoms with E-state index in [0.717, 1.165) is 38.6 Å². The minimum atomic E-state index is 0.931. The Balaban J connectivity index is 1.51. The zero-order valence-corrected chi connectivity index (χ0v) is 17.9. The van der Waals surface area contributed by atoms with Gasteiger partial charge in [-0.25, -0.2) is 0 Å². The summed E-state index contributed by atoms with van der Waals surface area (Å²) in [6.45, 7) is 0. The van der Waals surface area contributed by atoms with Crippen molar-refractivity contribution in [3.05, 3.63) is 131 Å². The van der Waals surface area contributed by atoms with Crippen molar-refractivity contribution < 1.29 is 0 Å². The zero-order chi connectivity index (χ0) is 22.0. The predicted molar refractivity (Wildman–Crippen MR) is 136 cm³/mol. The summed E-state index contributed by atoms with van der Waals surface area (Å²) in [5.41, 5.74) is 4.17. The highest BCUT2D eigenvalue weighted by molar-refractivity contribution is 5.94. The molecule has 0 bridgehead atoms. The molecule has 0 aliphatic carbocycles. The molecular weight excluding hydrogens is 402 g/mol. The van der Waals surface area contributed by atoms with Gasteiger partial charge >= 0.3 is 0 Å². The van der Waals surface area contributed by atoms with Gasteiger partial charge in [0.15, 0.2) is 0 Å². The first-order valence-corrected chi connectivity index (χ1v) is 11.0. The molecule has 0 aliphatic heterocycles. The topological polar surface area (TPSA) is 41.6 Å². The largest absolute Gasteiger partial charge is 0.354 e. The molecule has 0 radical (unpaired) electrons. The van der Waals surface area contributed by atoms with Crippen LogP contribution in [0.2, 0.25) is 0 Å². The quantitative estimate of drug-likeness (QED) is 0.412. The monoisotopic (exact) mass is 423 g/mol.